The second-order valence-electron chi connectivity index (χ2n) is 9.63. The van der Waals surface area contributed by atoms with E-state index >= 15 is 0 Å². The lowest BCUT2D eigenvalue weighted by molar-refractivity contribution is 0.0919. The van der Waals surface area contributed by atoms with E-state index in [-0.39, 0.29) is 23.5 Å². The quantitative estimate of drug-likeness (QED) is 0.384. The van der Waals surface area contributed by atoms with E-state index in [0.29, 0.717) is 40.0 Å². The third kappa shape index (κ3) is 4.67. The summed E-state index contributed by atoms with van der Waals surface area (Å²) < 4.78 is 17.2. The second-order valence-corrected chi connectivity index (χ2v) is 10.1. The lowest BCUT2D eigenvalue weighted by Gasteiger charge is -2.29. The number of carbonyl (C=O) groups is 1. The van der Waals surface area contributed by atoms with Gasteiger partial charge in [-0.3, -0.25) is 18.9 Å². The molecule has 1 amide bonds. The summed E-state index contributed by atoms with van der Waals surface area (Å²) in [5.41, 5.74) is 4.10. The van der Waals surface area contributed by atoms with Crippen LogP contribution in [0.4, 0.5) is 4.39 Å². The van der Waals surface area contributed by atoms with Crippen molar-refractivity contribution in [3.63, 3.8) is 0 Å². The fraction of sp³-hybridized carbons (Fsp3) is 0.321. The number of aryl methyl sites for hydroxylation is 2. The van der Waals surface area contributed by atoms with Crippen LogP contribution in [0.2, 0.25) is 5.02 Å². The number of nitrogens with zero attached hydrogens (tertiary/aromatic N) is 3. The predicted octanol–water partition coefficient (Wildman–Crippen LogP) is 5.59. The maximum absolute atomic E-state index is 13.7. The molecule has 0 atom stereocenters. The molecule has 2 heterocycles. The first-order chi connectivity index (χ1) is 17.3. The zero-order chi connectivity index (χ0) is 25.4. The van der Waals surface area contributed by atoms with Gasteiger partial charge < -0.3 is 5.32 Å². The standard InChI is InChI=1S/C28H28ClFN4O2/c1-17-13-21(30)9-12-24(17)34-26-6-4-3-5-25(26)33(28(34)36)16-19-7-10-22(11-8-19)32-27(35)23-14-20(29)15-31-18(23)2/h3-6,9,12-15,19,22H,7-8,10-11,16H2,1-2H3,(H,32,35)/t19-,22-. The first-order valence-electron chi connectivity index (χ1n) is 12.2. The highest BCUT2D eigenvalue weighted by Crippen LogP contribution is 2.28. The Morgan fingerprint density at radius 3 is 2.53 bits per heavy atom. The predicted molar refractivity (Wildman–Crippen MR) is 139 cm³/mol. The number of imidazole rings is 1. The Labute approximate surface area is 213 Å². The molecule has 5 rings (SSSR count). The van der Waals surface area contributed by atoms with Crippen molar-refractivity contribution >= 4 is 28.5 Å². The number of halogens is 2. The first kappa shape index (κ1) is 24.3. The van der Waals surface area contributed by atoms with E-state index in [2.05, 4.69) is 10.3 Å². The molecule has 1 N–H and O–H groups in total. The molecule has 0 saturated heterocycles. The summed E-state index contributed by atoms with van der Waals surface area (Å²) >= 11 is 6.02. The van der Waals surface area contributed by atoms with Crippen LogP contribution in [0, 0.1) is 25.6 Å². The number of aromatic nitrogens is 3. The van der Waals surface area contributed by atoms with Crippen LogP contribution in [0.15, 0.2) is 59.5 Å². The van der Waals surface area contributed by atoms with Crippen LogP contribution in [0.3, 0.4) is 0 Å². The molecular weight excluding hydrogens is 479 g/mol. The van der Waals surface area contributed by atoms with E-state index < -0.39 is 0 Å². The first-order valence-corrected chi connectivity index (χ1v) is 12.6. The topological polar surface area (TPSA) is 68.9 Å². The molecule has 0 bridgehead atoms. The number of rotatable bonds is 5. The lowest BCUT2D eigenvalue weighted by atomic mass is 9.85. The van der Waals surface area contributed by atoms with Crippen molar-refractivity contribution < 1.29 is 9.18 Å². The molecule has 1 aliphatic rings. The molecule has 0 spiro atoms. The summed E-state index contributed by atoms with van der Waals surface area (Å²) in [5.74, 6) is -0.155. The molecule has 8 heteroatoms. The zero-order valence-corrected chi connectivity index (χ0v) is 21.1. The van der Waals surface area contributed by atoms with E-state index in [4.69, 9.17) is 11.6 Å². The number of pyridine rings is 1. The Morgan fingerprint density at radius 1 is 1.08 bits per heavy atom. The minimum Gasteiger partial charge on any atom is -0.349 e. The highest BCUT2D eigenvalue weighted by atomic mass is 35.5. The minimum atomic E-state index is -0.321. The van der Waals surface area contributed by atoms with Crippen LogP contribution in [0.25, 0.3) is 16.7 Å². The largest absolute Gasteiger partial charge is 0.349 e. The molecule has 0 radical (unpaired) electrons. The third-order valence-electron chi connectivity index (χ3n) is 7.16. The summed E-state index contributed by atoms with van der Waals surface area (Å²) in [4.78, 5) is 30.5. The molecule has 0 unspecified atom stereocenters. The fourth-order valence-corrected chi connectivity index (χ4v) is 5.39. The van der Waals surface area contributed by atoms with Gasteiger partial charge in [-0.25, -0.2) is 9.18 Å². The number of carbonyl (C=O) groups excluding carboxylic acids is 1. The monoisotopic (exact) mass is 506 g/mol. The average Bonchev–Trinajstić information content (AvgIpc) is 3.13. The van der Waals surface area contributed by atoms with Gasteiger partial charge >= 0.3 is 5.69 Å². The SMILES string of the molecule is Cc1cc(F)ccc1-n1c(=O)n(C[C@H]2CC[C@H](NC(=O)c3cc(Cl)cnc3C)CC2)c2ccccc21. The number of nitrogens with one attached hydrogen (secondary N) is 1. The van der Waals surface area contributed by atoms with Crippen LogP contribution in [-0.2, 0) is 6.54 Å². The highest BCUT2D eigenvalue weighted by Gasteiger charge is 2.26. The minimum absolute atomic E-state index is 0.0760. The smallest absolute Gasteiger partial charge is 0.333 e. The Bertz CT molecular complexity index is 1500. The number of amides is 1. The van der Waals surface area contributed by atoms with Gasteiger partial charge in [0.25, 0.3) is 5.91 Å². The molecule has 6 nitrogen and oxygen atoms in total. The molecular formula is C28H28ClFN4O2. The van der Waals surface area contributed by atoms with E-state index in [0.717, 1.165) is 36.7 Å². The average molecular weight is 507 g/mol. The highest BCUT2D eigenvalue weighted by molar-refractivity contribution is 6.30. The maximum Gasteiger partial charge on any atom is 0.333 e. The third-order valence-corrected chi connectivity index (χ3v) is 7.36. The van der Waals surface area contributed by atoms with E-state index in [1.807, 2.05) is 35.8 Å². The summed E-state index contributed by atoms with van der Waals surface area (Å²) in [6.45, 7) is 4.21. The molecule has 2 aromatic carbocycles. The van der Waals surface area contributed by atoms with Crippen molar-refractivity contribution in [2.75, 3.05) is 0 Å². The Kier molecular flexibility index (Phi) is 6.67. The summed E-state index contributed by atoms with van der Waals surface area (Å²) in [6.07, 6.45) is 5.02. The van der Waals surface area contributed by atoms with Gasteiger partial charge in [-0.2, -0.15) is 0 Å². The van der Waals surface area contributed by atoms with Crippen molar-refractivity contribution in [2.24, 2.45) is 5.92 Å². The number of hydrogen-bond acceptors (Lipinski definition) is 3. The van der Waals surface area contributed by atoms with Crippen molar-refractivity contribution in [1.82, 2.24) is 19.4 Å². The number of benzene rings is 2. The van der Waals surface area contributed by atoms with Gasteiger partial charge in [0.1, 0.15) is 5.82 Å². The van der Waals surface area contributed by atoms with Gasteiger partial charge in [-0.15, -0.1) is 0 Å². The van der Waals surface area contributed by atoms with E-state index in [1.165, 1.54) is 18.3 Å². The molecule has 186 valence electrons. The summed E-state index contributed by atoms with van der Waals surface area (Å²) in [5, 5.41) is 3.56. The molecule has 4 aromatic rings. The fourth-order valence-electron chi connectivity index (χ4n) is 5.24. The number of para-hydroxylation sites is 2. The van der Waals surface area contributed by atoms with Gasteiger partial charge in [0.15, 0.2) is 0 Å². The normalized spacial score (nSPS) is 17.9. The zero-order valence-electron chi connectivity index (χ0n) is 20.3. The Hall–Kier alpha value is -3.45. The van der Waals surface area contributed by atoms with Crippen molar-refractivity contribution in [3.05, 3.63) is 92.9 Å². The van der Waals surface area contributed by atoms with Gasteiger partial charge in [0, 0.05) is 18.8 Å². The van der Waals surface area contributed by atoms with Crippen LogP contribution >= 0.6 is 11.6 Å². The second kappa shape index (κ2) is 9.90. The Morgan fingerprint density at radius 2 is 1.81 bits per heavy atom. The van der Waals surface area contributed by atoms with E-state index in [9.17, 15) is 14.0 Å². The molecule has 0 aliphatic heterocycles. The van der Waals surface area contributed by atoms with Crippen LogP contribution < -0.4 is 11.0 Å². The lowest BCUT2D eigenvalue weighted by Crippen LogP contribution is -2.39. The van der Waals surface area contributed by atoms with Crippen LogP contribution in [0.5, 0.6) is 0 Å². The summed E-state index contributed by atoms with van der Waals surface area (Å²) in [6, 6.07) is 13.9. The summed E-state index contributed by atoms with van der Waals surface area (Å²) in [7, 11) is 0. The Balaban J connectivity index is 1.32. The van der Waals surface area contributed by atoms with Gasteiger partial charge in [-0.1, -0.05) is 23.7 Å². The van der Waals surface area contributed by atoms with Gasteiger partial charge in [0.05, 0.1) is 33.0 Å². The molecule has 36 heavy (non-hydrogen) atoms. The van der Waals surface area contributed by atoms with Crippen LogP contribution in [-0.4, -0.2) is 26.1 Å². The molecule has 1 saturated carbocycles. The molecule has 2 aromatic heterocycles. The maximum atomic E-state index is 13.7. The van der Waals surface area contributed by atoms with Gasteiger partial charge in [-0.05, 0) is 87.4 Å². The van der Waals surface area contributed by atoms with E-state index in [1.54, 1.807) is 23.6 Å². The van der Waals surface area contributed by atoms with Crippen molar-refractivity contribution in [3.8, 4) is 5.69 Å². The van der Waals surface area contributed by atoms with Crippen molar-refractivity contribution in [1.29, 1.82) is 0 Å². The molecule has 1 aliphatic carbocycles. The number of fused-ring (bicyclic) bond motifs is 1. The van der Waals surface area contributed by atoms with Gasteiger partial charge in [0.2, 0.25) is 0 Å². The van der Waals surface area contributed by atoms with Crippen LogP contribution in [0.1, 0.15) is 47.3 Å². The number of hydrogen-bond donors (Lipinski definition) is 1. The molecule has 1 fully saturated rings. The van der Waals surface area contributed by atoms with Crippen molar-refractivity contribution in [2.45, 2.75) is 52.1 Å².